The zero-order valence-corrected chi connectivity index (χ0v) is 14.2. The molecule has 21 heavy (non-hydrogen) atoms. The third-order valence-corrected chi connectivity index (χ3v) is 5.26. The van der Waals surface area contributed by atoms with E-state index < -0.39 is 0 Å². The maximum absolute atomic E-state index is 12.0. The van der Waals surface area contributed by atoms with E-state index in [2.05, 4.69) is 44.5 Å². The molecule has 0 saturated carbocycles. The van der Waals surface area contributed by atoms with Gasteiger partial charge in [0.1, 0.15) is 0 Å². The number of hydrogen-bond acceptors (Lipinski definition) is 4. The number of thiophene rings is 1. The highest BCUT2D eigenvalue weighted by atomic mass is 79.9. The summed E-state index contributed by atoms with van der Waals surface area (Å²) in [4.78, 5) is 15.9. The van der Waals surface area contributed by atoms with Crippen LogP contribution in [0.4, 0.5) is 0 Å². The molecule has 0 aromatic carbocycles. The number of furan rings is 1. The van der Waals surface area contributed by atoms with Crippen LogP contribution in [0, 0.1) is 0 Å². The molecule has 1 aliphatic rings. The van der Waals surface area contributed by atoms with Crippen LogP contribution in [-0.4, -0.2) is 29.9 Å². The average molecular weight is 369 g/mol. The molecule has 112 valence electrons. The first-order valence-electron chi connectivity index (χ1n) is 6.96. The maximum Gasteiger partial charge on any atom is 0.287 e. The van der Waals surface area contributed by atoms with Gasteiger partial charge in [-0.1, -0.05) is 0 Å². The fourth-order valence-corrected chi connectivity index (χ4v) is 3.74. The van der Waals surface area contributed by atoms with Crippen LogP contribution >= 0.6 is 27.3 Å². The van der Waals surface area contributed by atoms with Crippen LogP contribution in [0.25, 0.3) is 0 Å². The minimum absolute atomic E-state index is 0.166. The highest BCUT2D eigenvalue weighted by Crippen LogP contribution is 2.25. The molecule has 2 aromatic rings. The van der Waals surface area contributed by atoms with Crippen molar-refractivity contribution in [3.8, 4) is 0 Å². The van der Waals surface area contributed by atoms with Crippen molar-refractivity contribution in [1.82, 2.24) is 10.2 Å². The summed E-state index contributed by atoms with van der Waals surface area (Å²) in [6, 6.07) is 5.90. The number of nitrogens with one attached hydrogen (secondary N) is 1. The van der Waals surface area contributed by atoms with Crippen LogP contribution in [0.5, 0.6) is 0 Å². The van der Waals surface area contributed by atoms with E-state index in [1.165, 1.54) is 10.4 Å². The third-order valence-electron chi connectivity index (χ3n) is 3.82. The van der Waals surface area contributed by atoms with E-state index in [1.807, 2.05) is 11.3 Å². The second-order valence-corrected chi connectivity index (χ2v) is 7.03. The Balaban J connectivity index is 1.53. The Hall–Kier alpha value is -1.11. The Labute approximate surface area is 136 Å². The first kappa shape index (κ1) is 14.8. The summed E-state index contributed by atoms with van der Waals surface area (Å²) in [6.45, 7) is 4.80. The molecule has 0 fully saturated rings. The zero-order valence-electron chi connectivity index (χ0n) is 11.8. The summed E-state index contributed by atoms with van der Waals surface area (Å²) in [5.41, 5.74) is 1.43. The molecule has 1 aliphatic heterocycles. The second kappa shape index (κ2) is 6.34. The highest BCUT2D eigenvalue weighted by molar-refractivity contribution is 9.10. The van der Waals surface area contributed by atoms with Gasteiger partial charge in [-0.2, -0.15) is 0 Å². The molecule has 6 heteroatoms. The van der Waals surface area contributed by atoms with Gasteiger partial charge in [-0.05, 0) is 58.4 Å². The van der Waals surface area contributed by atoms with E-state index in [-0.39, 0.29) is 5.91 Å². The number of halogens is 1. The van der Waals surface area contributed by atoms with E-state index in [9.17, 15) is 4.79 Å². The molecule has 4 nitrogen and oxygen atoms in total. The van der Waals surface area contributed by atoms with Crippen LogP contribution in [0.2, 0.25) is 0 Å². The predicted octanol–water partition coefficient (Wildman–Crippen LogP) is 3.28. The van der Waals surface area contributed by atoms with Crippen LogP contribution in [0.3, 0.4) is 0 Å². The number of hydrogen-bond donors (Lipinski definition) is 1. The first-order valence-corrected chi connectivity index (χ1v) is 8.63. The van der Waals surface area contributed by atoms with E-state index in [1.54, 1.807) is 12.1 Å². The lowest BCUT2D eigenvalue weighted by atomic mass is 10.1. The SMILES string of the molecule is C[C@H](CNC(=O)c1ccc(Br)o1)N1CCc2sccc2C1. The van der Waals surface area contributed by atoms with Gasteiger partial charge in [-0.15, -0.1) is 11.3 Å². The van der Waals surface area contributed by atoms with Crippen molar-refractivity contribution < 1.29 is 9.21 Å². The molecular weight excluding hydrogens is 352 g/mol. The molecule has 3 rings (SSSR count). The van der Waals surface area contributed by atoms with Gasteiger partial charge in [-0.25, -0.2) is 0 Å². The summed E-state index contributed by atoms with van der Waals surface area (Å²) < 4.78 is 5.82. The van der Waals surface area contributed by atoms with Crippen molar-refractivity contribution in [2.24, 2.45) is 0 Å². The van der Waals surface area contributed by atoms with Crippen LogP contribution in [0.1, 0.15) is 27.9 Å². The average Bonchev–Trinajstić information content (AvgIpc) is 3.12. The smallest absolute Gasteiger partial charge is 0.287 e. The Bertz CT molecular complexity index is 637. The van der Waals surface area contributed by atoms with Crippen molar-refractivity contribution in [2.75, 3.05) is 13.1 Å². The normalized spacial score (nSPS) is 16.5. The van der Waals surface area contributed by atoms with Gasteiger partial charge < -0.3 is 9.73 Å². The highest BCUT2D eigenvalue weighted by Gasteiger charge is 2.22. The summed E-state index contributed by atoms with van der Waals surface area (Å²) in [5, 5.41) is 5.10. The lowest BCUT2D eigenvalue weighted by Crippen LogP contribution is -2.44. The molecule has 0 aliphatic carbocycles. The Kier molecular flexibility index (Phi) is 4.47. The number of carbonyl (C=O) groups excluding carboxylic acids is 1. The summed E-state index contributed by atoms with van der Waals surface area (Å²) >= 11 is 5.04. The van der Waals surface area contributed by atoms with E-state index >= 15 is 0 Å². The lowest BCUT2D eigenvalue weighted by molar-refractivity contribution is 0.0904. The first-order chi connectivity index (χ1) is 10.1. The molecule has 0 spiro atoms. The van der Waals surface area contributed by atoms with Gasteiger partial charge in [0.15, 0.2) is 10.4 Å². The third kappa shape index (κ3) is 3.39. The summed E-state index contributed by atoms with van der Waals surface area (Å²) in [7, 11) is 0. The Morgan fingerprint density at radius 1 is 1.52 bits per heavy atom. The Morgan fingerprint density at radius 2 is 2.38 bits per heavy atom. The quantitative estimate of drug-likeness (QED) is 0.900. The fraction of sp³-hybridized carbons (Fsp3) is 0.400. The summed E-state index contributed by atoms with van der Waals surface area (Å²) in [6.07, 6.45) is 1.11. The molecule has 3 heterocycles. The van der Waals surface area contributed by atoms with Crippen LogP contribution < -0.4 is 5.32 Å². The van der Waals surface area contributed by atoms with Crippen LogP contribution in [0.15, 0.2) is 32.7 Å². The van der Waals surface area contributed by atoms with E-state index in [4.69, 9.17) is 4.42 Å². The maximum atomic E-state index is 12.0. The van der Waals surface area contributed by atoms with E-state index in [0.29, 0.717) is 23.0 Å². The number of fused-ring (bicyclic) bond motifs is 1. The predicted molar refractivity (Wildman–Crippen MR) is 86.6 cm³/mol. The zero-order chi connectivity index (χ0) is 14.8. The van der Waals surface area contributed by atoms with Gasteiger partial charge in [0.05, 0.1) is 0 Å². The topological polar surface area (TPSA) is 45.5 Å². The molecule has 2 aromatic heterocycles. The van der Waals surface area contributed by atoms with Gasteiger partial charge in [0, 0.05) is 30.6 Å². The minimum atomic E-state index is -0.166. The molecule has 1 atom stereocenters. The number of carbonyl (C=O) groups is 1. The molecular formula is C15H17BrN2O2S. The monoisotopic (exact) mass is 368 g/mol. The van der Waals surface area contributed by atoms with Gasteiger partial charge >= 0.3 is 0 Å². The van der Waals surface area contributed by atoms with Gasteiger partial charge in [0.2, 0.25) is 0 Å². The number of amides is 1. The molecule has 0 bridgehead atoms. The minimum Gasteiger partial charge on any atom is -0.444 e. The number of nitrogens with zero attached hydrogens (tertiary/aromatic N) is 1. The van der Waals surface area contributed by atoms with Gasteiger partial charge in [0.25, 0.3) is 5.91 Å². The molecule has 0 radical (unpaired) electrons. The van der Waals surface area contributed by atoms with Crippen LogP contribution in [-0.2, 0) is 13.0 Å². The standard InChI is InChI=1S/C15H17BrN2O2S/c1-10(8-17-15(19)12-2-3-14(16)20-12)18-6-4-13-11(9-18)5-7-21-13/h2-3,5,7,10H,4,6,8-9H2,1H3,(H,17,19)/t10-/m1/s1. The lowest BCUT2D eigenvalue weighted by Gasteiger charge is -2.32. The van der Waals surface area contributed by atoms with Crippen molar-refractivity contribution >= 4 is 33.2 Å². The second-order valence-electron chi connectivity index (χ2n) is 5.25. The van der Waals surface area contributed by atoms with Crippen molar-refractivity contribution in [3.05, 3.63) is 44.4 Å². The molecule has 1 N–H and O–H groups in total. The van der Waals surface area contributed by atoms with Gasteiger partial charge in [-0.3, -0.25) is 9.69 Å². The van der Waals surface area contributed by atoms with Crippen molar-refractivity contribution in [3.63, 3.8) is 0 Å². The van der Waals surface area contributed by atoms with Crippen molar-refractivity contribution in [1.29, 1.82) is 0 Å². The Morgan fingerprint density at radius 3 is 3.14 bits per heavy atom. The molecule has 0 saturated heterocycles. The largest absolute Gasteiger partial charge is 0.444 e. The molecule has 1 amide bonds. The van der Waals surface area contributed by atoms with E-state index in [0.717, 1.165) is 19.5 Å². The molecule has 0 unspecified atom stereocenters. The summed E-state index contributed by atoms with van der Waals surface area (Å²) in [5.74, 6) is 0.175. The van der Waals surface area contributed by atoms with Crippen molar-refractivity contribution in [2.45, 2.75) is 25.9 Å². The fourth-order valence-electron chi connectivity index (χ4n) is 2.54. The number of rotatable bonds is 4.